The molecule has 3 aromatic rings. The molecule has 0 radical (unpaired) electrons. The molecular formula is C31H35N3O2. The normalized spacial score (nSPS) is 19.0. The molecule has 5 rings (SSSR count). The van der Waals surface area contributed by atoms with Crippen molar-refractivity contribution in [3.63, 3.8) is 0 Å². The second-order valence-corrected chi connectivity index (χ2v) is 9.51. The molecule has 0 unspecified atom stereocenters. The van der Waals surface area contributed by atoms with Crippen LogP contribution in [0.3, 0.4) is 0 Å². The third-order valence-electron chi connectivity index (χ3n) is 7.04. The lowest BCUT2D eigenvalue weighted by Crippen LogP contribution is -2.10. The molecule has 36 heavy (non-hydrogen) atoms. The molecule has 0 fully saturated rings. The Labute approximate surface area is 214 Å². The molecular weight excluding hydrogens is 446 g/mol. The van der Waals surface area contributed by atoms with E-state index in [2.05, 4.69) is 64.1 Å². The summed E-state index contributed by atoms with van der Waals surface area (Å²) < 4.78 is 12.0. The molecule has 2 aliphatic heterocycles. The molecule has 2 aromatic carbocycles. The predicted octanol–water partition coefficient (Wildman–Crippen LogP) is 6.37. The quantitative estimate of drug-likeness (QED) is 0.376. The van der Waals surface area contributed by atoms with Crippen molar-refractivity contribution in [2.75, 3.05) is 13.2 Å². The SMILES string of the molecule is CCc1cc(CC)cc([C@H]2COC(c3cccc(C4=N[C@@H](c5cc(CC)cc(CC)c5)CO4)n3)=N2)c1. The average molecular weight is 482 g/mol. The number of rotatable bonds is 8. The lowest BCUT2D eigenvalue weighted by molar-refractivity contribution is 0.317. The zero-order valence-electron chi connectivity index (χ0n) is 21.8. The Morgan fingerprint density at radius 3 is 1.36 bits per heavy atom. The number of aryl methyl sites for hydroxylation is 4. The van der Waals surface area contributed by atoms with Gasteiger partial charge in [0.05, 0.1) is 0 Å². The summed E-state index contributed by atoms with van der Waals surface area (Å²) in [5.74, 6) is 1.17. The van der Waals surface area contributed by atoms with Gasteiger partial charge in [0.1, 0.15) is 36.7 Å². The maximum atomic E-state index is 6.02. The molecule has 0 amide bonds. The summed E-state index contributed by atoms with van der Waals surface area (Å²) >= 11 is 0. The van der Waals surface area contributed by atoms with Crippen LogP contribution in [0, 0.1) is 0 Å². The predicted molar refractivity (Wildman–Crippen MR) is 145 cm³/mol. The number of aromatic nitrogens is 1. The Balaban J connectivity index is 1.38. The first-order valence-electron chi connectivity index (χ1n) is 13.2. The second-order valence-electron chi connectivity index (χ2n) is 9.51. The third-order valence-corrected chi connectivity index (χ3v) is 7.04. The van der Waals surface area contributed by atoms with E-state index < -0.39 is 0 Å². The van der Waals surface area contributed by atoms with Crippen LogP contribution in [0.4, 0.5) is 0 Å². The molecule has 1 aromatic heterocycles. The zero-order chi connectivity index (χ0) is 25.1. The molecule has 5 heteroatoms. The fourth-order valence-electron chi connectivity index (χ4n) is 4.83. The first kappa shape index (κ1) is 24.2. The number of nitrogens with zero attached hydrogens (tertiary/aromatic N) is 3. The van der Waals surface area contributed by atoms with Gasteiger partial charge < -0.3 is 9.47 Å². The molecule has 0 aliphatic carbocycles. The van der Waals surface area contributed by atoms with Crippen LogP contribution in [-0.4, -0.2) is 30.0 Å². The van der Waals surface area contributed by atoms with E-state index >= 15 is 0 Å². The van der Waals surface area contributed by atoms with E-state index in [1.807, 2.05) is 18.2 Å². The standard InChI is InChI=1S/C31H35N3O2/c1-5-20-12-21(6-2)15-24(14-20)28-18-35-30(33-28)26-10-9-11-27(32-26)31-34-29(19-36-31)25-16-22(7-3)13-23(8-4)17-25/h9-17,28-29H,5-8,18-19H2,1-4H3/t28-,29-/m1/s1. The van der Waals surface area contributed by atoms with Gasteiger partial charge in [-0.05, 0) is 71.2 Å². The smallest absolute Gasteiger partial charge is 0.236 e. The first-order valence-corrected chi connectivity index (χ1v) is 13.2. The molecule has 0 spiro atoms. The molecule has 2 atom stereocenters. The Kier molecular flexibility index (Phi) is 7.17. The van der Waals surface area contributed by atoms with E-state index in [-0.39, 0.29) is 12.1 Å². The van der Waals surface area contributed by atoms with E-state index in [9.17, 15) is 0 Å². The van der Waals surface area contributed by atoms with Gasteiger partial charge in [-0.25, -0.2) is 15.0 Å². The molecule has 0 bridgehead atoms. The van der Waals surface area contributed by atoms with Crippen molar-refractivity contribution in [3.05, 3.63) is 99.4 Å². The van der Waals surface area contributed by atoms with Crippen LogP contribution in [0.15, 0.2) is 64.6 Å². The maximum Gasteiger partial charge on any atom is 0.236 e. The lowest BCUT2D eigenvalue weighted by atomic mass is 9.99. The second kappa shape index (κ2) is 10.7. The van der Waals surface area contributed by atoms with Gasteiger partial charge in [-0.1, -0.05) is 70.2 Å². The highest BCUT2D eigenvalue weighted by molar-refractivity contribution is 5.97. The average Bonchev–Trinajstić information content (AvgIpc) is 3.63. The summed E-state index contributed by atoms with van der Waals surface area (Å²) in [6.07, 6.45) is 4.06. The van der Waals surface area contributed by atoms with Crippen molar-refractivity contribution in [2.45, 2.75) is 65.5 Å². The maximum absolute atomic E-state index is 6.02. The number of ether oxygens (including phenoxy) is 2. The van der Waals surface area contributed by atoms with Gasteiger partial charge in [0.25, 0.3) is 0 Å². The van der Waals surface area contributed by atoms with Gasteiger partial charge in [0, 0.05) is 0 Å². The fraction of sp³-hybridized carbons (Fsp3) is 0.387. The van der Waals surface area contributed by atoms with Crippen molar-refractivity contribution < 1.29 is 9.47 Å². The van der Waals surface area contributed by atoms with Gasteiger partial charge >= 0.3 is 0 Å². The van der Waals surface area contributed by atoms with Gasteiger partial charge in [-0.3, -0.25) is 0 Å². The third kappa shape index (κ3) is 5.06. The van der Waals surface area contributed by atoms with Crippen LogP contribution >= 0.6 is 0 Å². The monoisotopic (exact) mass is 481 g/mol. The summed E-state index contributed by atoms with van der Waals surface area (Å²) in [4.78, 5) is 14.6. The Morgan fingerprint density at radius 2 is 1.00 bits per heavy atom. The molecule has 186 valence electrons. The summed E-state index contributed by atoms with van der Waals surface area (Å²) in [5, 5.41) is 0. The Morgan fingerprint density at radius 1 is 0.611 bits per heavy atom. The minimum atomic E-state index is -0.00897. The van der Waals surface area contributed by atoms with Crippen LogP contribution in [0.25, 0.3) is 0 Å². The topological polar surface area (TPSA) is 56.1 Å². The largest absolute Gasteiger partial charge is 0.474 e. The van der Waals surface area contributed by atoms with Crippen molar-refractivity contribution in [1.82, 2.24) is 4.98 Å². The molecule has 3 heterocycles. The minimum Gasteiger partial charge on any atom is -0.474 e. The van der Waals surface area contributed by atoms with Gasteiger partial charge in [-0.2, -0.15) is 0 Å². The van der Waals surface area contributed by atoms with Gasteiger partial charge in [0.2, 0.25) is 11.8 Å². The highest BCUT2D eigenvalue weighted by atomic mass is 16.5. The van der Waals surface area contributed by atoms with Gasteiger partial charge in [0.15, 0.2) is 0 Å². The van der Waals surface area contributed by atoms with Crippen LogP contribution in [0.1, 0.15) is 84.5 Å². The number of hydrogen-bond donors (Lipinski definition) is 0. The summed E-state index contributed by atoms with van der Waals surface area (Å²) in [5.41, 5.74) is 9.23. The first-order chi connectivity index (χ1) is 17.6. The molecule has 2 aliphatic rings. The summed E-state index contributed by atoms with van der Waals surface area (Å²) in [7, 11) is 0. The summed E-state index contributed by atoms with van der Waals surface area (Å²) in [6.45, 7) is 9.82. The van der Waals surface area contributed by atoms with E-state index in [0.29, 0.717) is 36.4 Å². The highest BCUT2D eigenvalue weighted by Crippen LogP contribution is 2.29. The fourth-order valence-corrected chi connectivity index (χ4v) is 4.83. The van der Waals surface area contributed by atoms with E-state index in [4.69, 9.17) is 24.4 Å². The Bertz CT molecular complexity index is 1170. The van der Waals surface area contributed by atoms with E-state index in [1.165, 1.54) is 33.4 Å². The van der Waals surface area contributed by atoms with Crippen LogP contribution in [0.5, 0.6) is 0 Å². The zero-order valence-corrected chi connectivity index (χ0v) is 21.8. The number of pyridine rings is 1. The molecule has 0 saturated heterocycles. The molecule has 0 N–H and O–H groups in total. The lowest BCUT2D eigenvalue weighted by Gasteiger charge is -2.10. The van der Waals surface area contributed by atoms with Crippen LogP contribution in [-0.2, 0) is 35.2 Å². The summed E-state index contributed by atoms with van der Waals surface area (Å²) in [6, 6.07) is 19.4. The van der Waals surface area contributed by atoms with Crippen molar-refractivity contribution in [1.29, 1.82) is 0 Å². The number of benzene rings is 2. The Hall–Kier alpha value is -3.47. The molecule has 5 nitrogen and oxygen atoms in total. The van der Waals surface area contributed by atoms with E-state index in [0.717, 1.165) is 25.7 Å². The van der Waals surface area contributed by atoms with Crippen molar-refractivity contribution >= 4 is 11.8 Å². The van der Waals surface area contributed by atoms with Crippen molar-refractivity contribution in [2.24, 2.45) is 9.98 Å². The van der Waals surface area contributed by atoms with Gasteiger partial charge in [-0.15, -0.1) is 0 Å². The number of aliphatic imine (C=N–C) groups is 2. The number of hydrogen-bond acceptors (Lipinski definition) is 5. The molecule has 0 saturated carbocycles. The highest BCUT2D eigenvalue weighted by Gasteiger charge is 2.26. The van der Waals surface area contributed by atoms with E-state index in [1.54, 1.807) is 0 Å². The minimum absolute atomic E-state index is 0.00897. The van der Waals surface area contributed by atoms with Crippen LogP contribution in [0.2, 0.25) is 0 Å². The van der Waals surface area contributed by atoms with Crippen molar-refractivity contribution in [3.8, 4) is 0 Å². The van der Waals surface area contributed by atoms with Crippen LogP contribution < -0.4 is 0 Å².